The Balaban J connectivity index is 2.72. The highest BCUT2D eigenvalue weighted by Gasteiger charge is 2.35. The third kappa shape index (κ3) is 6.69. The predicted octanol–water partition coefficient (Wildman–Crippen LogP) is 0.0951. The van der Waals surface area contributed by atoms with Crippen LogP contribution in [-0.4, -0.2) is 52.4 Å². The number of thioether (sulfide) groups is 1. The monoisotopic (exact) mass is 355 g/mol. The fourth-order valence-electron chi connectivity index (χ4n) is 1.93. The second-order valence-corrected chi connectivity index (χ2v) is 6.41. The molecule has 132 valence electrons. The highest BCUT2D eigenvalue weighted by atomic mass is 32.2. The minimum Gasteiger partial charge on any atom is -0.465 e. The zero-order chi connectivity index (χ0) is 18.2. The average molecular weight is 355 g/mol. The van der Waals surface area contributed by atoms with Gasteiger partial charge in [-0.1, -0.05) is 42.1 Å². The number of esters is 1. The van der Waals surface area contributed by atoms with E-state index >= 15 is 0 Å². The third-order valence-electron chi connectivity index (χ3n) is 3.20. The first kappa shape index (κ1) is 20.1. The van der Waals surface area contributed by atoms with Gasteiger partial charge in [0.05, 0.1) is 19.6 Å². The molecule has 0 radical (unpaired) electrons. The predicted molar refractivity (Wildman–Crippen MR) is 89.0 cm³/mol. The van der Waals surface area contributed by atoms with Gasteiger partial charge in [0.2, 0.25) is 5.91 Å². The van der Waals surface area contributed by atoms with Gasteiger partial charge in [0.25, 0.3) is 5.79 Å². The zero-order valence-corrected chi connectivity index (χ0v) is 14.3. The number of rotatable bonds is 8. The van der Waals surface area contributed by atoms with Gasteiger partial charge in [0.1, 0.15) is 0 Å². The van der Waals surface area contributed by atoms with Crippen molar-refractivity contribution in [2.75, 3.05) is 19.4 Å². The SMILES string of the molecule is COC(=O)C(O)(O)CNC(=O)[C@H](CSC(C)=O)Cc1ccccc1. The van der Waals surface area contributed by atoms with Crippen LogP contribution in [0.5, 0.6) is 0 Å². The summed E-state index contributed by atoms with van der Waals surface area (Å²) in [5, 5.41) is 21.3. The fraction of sp³-hybridized carbons (Fsp3) is 0.438. The standard InChI is InChI=1S/C16H21NO6S/c1-11(18)24-9-13(8-12-6-4-3-5-7-12)14(19)17-10-16(21,22)15(20)23-2/h3-7,13,21-22H,8-10H2,1-2H3,(H,17,19)/t13-/m0/s1. The molecule has 0 aliphatic heterocycles. The number of methoxy groups -OCH3 is 1. The van der Waals surface area contributed by atoms with Gasteiger partial charge >= 0.3 is 5.97 Å². The van der Waals surface area contributed by atoms with E-state index in [-0.39, 0.29) is 10.9 Å². The van der Waals surface area contributed by atoms with E-state index in [0.29, 0.717) is 6.42 Å². The topological polar surface area (TPSA) is 113 Å². The number of amides is 1. The van der Waals surface area contributed by atoms with Crippen molar-refractivity contribution in [2.24, 2.45) is 5.92 Å². The molecular weight excluding hydrogens is 334 g/mol. The highest BCUT2D eigenvalue weighted by Crippen LogP contribution is 2.16. The molecule has 0 fully saturated rings. The molecular formula is C16H21NO6S. The number of carbonyl (C=O) groups is 3. The maximum Gasteiger partial charge on any atom is 0.368 e. The number of aliphatic hydroxyl groups is 2. The first-order chi connectivity index (χ1) is 11.3. The van der Waals surface area contributed by atoms with Crippen molar-refractivity contribution in [3.05, 3.63) is 35.9 Å². The molecule has 3 N–H and O–H groups in total. The Labute approximate surface area is 144 Å². The van der Waals surface area contributed by atoms with Gasteiger partial charge in [-0.2, -0.15) is 0 Å². The first-order valence-electron chi connectivity index (χ1n) is 7.24. The molecule has 0 aromatic heterocycles. The fourth-order valence-corrected chi connectivity index (χ4v) is 2.64. The lowest BCUT2D eigenvalue weighted by atomic mass is 10.00. The Morgan fingerprint density at radius 1 is 1.25 bits per heavy atom. The van der Waals surface area contributed by atoms with Crippen molar-refractivity contribution in [2.45, 2.75) is 19.1 Å². The quantitative estimate of drug-likeness (QED) is 0.447. The Bertz CT molecular complexity index is 575. The van der Waals surface area contributed by atoms with Crippen LogP contribution in [0.25, 0.3) is 0 Å². The van der Waals surface area contributed by atoms with Gasteiger partial charge in [0, 0.05) is 12.7 Å². The van der Waals surface area contributed by atoms with Crippen LogP contribution in [0.15, 0.2) is 30.3 Å². The summed E-state index contributed by atoms with van der Waals surface area (Å²) < 4.78 is 4.24. The number of nitrogens with one attached hydrogen (secondary N) is 1. The zero-order valence-electron chi connectivity index (χ0n) is 13.5. The van der Waals surface area contributed by atoms with E-state index in [9.17, 15) is 24.6 Å². The van der Waals surface area contributed by atoms with Crippen LogP contribution < -0.4 is 5.32 Å². The van der Waals surface area contributed by atoms with Crippen LogP contribution in [0, 0.1) is 5.92 Å². The molecule has 1 atom stereocenters. The lowest BCUT2D eigenvalue weighted by Gasteiger charge is -2.21. The van der Waals surface area contributed by atoms with E-state index in [4.69, 9.17) is 0 Å². The summed E-state index contributed by atoms with van der Waals surface area (Å²) in [4.78, 5) is 34.7. The molecule has 0 bridgehead atoms. The molecule has 0 spiro atoms. The van der Waals surface area contributed by atoms with Gasteiger partial charge < -0.3 is 20.3 Å². The molecule has 24 heavy (non-hydrogen) atoms. The van der Waals surface area contributed by atoms with Crippen LogP contribution in [0.1, 0.15) is 12.5 Å². The summed E-state index contributed by atoms with van der Waals surface area (Å²) in [6.07, 6.45) is 0.384. The maximum absolute atomic E-state index is 12.3. The summed E-state index contributed by atoms with van der Waals surface area (Å²) in [7, 11) is 1.01. The van der Waals surface area contributed by atoms with Crippen molar-refractivity contribution in [3.8, 4) is 0 Å². The van der Waals surface area contributed by atoms with Crippen LogP contribution in [0.4, 0.5) is 0 Å². The van der Waals surface area contributed by atoms with Crippen molar-refractivity contribution in [3.63, 3.8) is 0 Å². The molecule has 0 aliphatic carbocycles. The average Bonchev–Trinajstić information content (AvgIpc) is 2.56. The number of hydrogen-bond acceptors (Lipinski definition) is 7. The van der Waals surface area contributed by atoms with Crippen molar-refractivity contribution in [1.82, 2.24) is 5.32 Å². The molecule has 8 heteroatoms. The minimum atomic E-state index is -2.80. The lowest BCUT2D eigenvalue weighted by Crippen LogP contribution is -2.51. The molecule has 0 saturated heterocycles. The largest absolute Gasteiger partial charge is 0.465 e. The molecule has 7 nitrogen and oxygen atoms in total. The number of benzene rings is 1. The van der Waals surface area contributed by atoms with Crippen molar-refractivity contribution < 1.29 is 29.3 Å². The van der Waals surface area contributed by atoms with Crippen LogP contribution in [-0.2, 0) is 25.5 Å². The van der Waals surface area contributed by atoms with Gasteiger partial charge in [-0.25, -0.2) is 4.79 Å². The Kier molecular flexibility index (Phi) is 7.90. The summed E-state index contributed by atoms with van der Waals surface area (Å²) >= 11 is 1.01. The molecule has 1 rings (SSSR count). The Morgan fingerprint density at radius 3 is 2.42 bits per heavy atom. The maximum atomic E-state index is 12.3. The van der Waals surface area contributed by atoms with E-state index in [1.807, 2.05) is 30.3 Å². The van der Waals surface area contributed by atoms with E-state index in [0.717, 1.165) is 24.4 Å². The van der Waals surface area contributed by atoms with Gasteiger partial charge in [-0.15, -0.1) is 0 Å². The number of hydrogen-bond donors (Lipinski definition) is 3. The van der Waals surface area contributed by atoms with E-state index in [2.05, 4.69) is 10.1 Å². The first-order valence-corrected chi connectivity index (χ1v) is 8.23. The smallest absolute Gasteiger partial charge is 0.368 e. The molecule has 1 aromatic carbocycles. The summed E-state index contributed by atoms with van der Waals surface area (Å²) in [6.45, 7) is 0.709. The summed E-state index contributed by atoms with van der Waals surface area (Å²) in [5.41, 5.74) is 0.911. The van der Waals surface area contributed by atoms with E-state index in [1.165, 1.54) is 6.92 Å². The molecule has 1 aromatic rings. The van der Waals surface area contributed by atoms with Crippen LogP contribution in [0.2, 0.25) is 0 Å². The van der Waals surface area contributed by atoms with Crippen LogP contribution in [0.3, 0.4) is 0 Å². The molecule has 0 unspecified atom stereocenters. The van der Waals surface area contributed by atoms with E-state index < -0.39 is 30.1 Å². The minimum absolute atomic E-state index is 0.117. The second kappa shape index (κ2) is 9.41. The Morgan fingerprint density at radius 2 is 1.88 bits per heavy atom. The normalized spacial score (nSPS) is 12.3. The lowest BCUT2D eigenvalue weighted by molar-refractivity contribution is -0.205. The summed E-state index contributed by atoms with van der Waals surface area (Å²) in [5.74, 6) is -4.85. The molecule has 0 heterocycles. The van der Waals surface area contributed by atoms with Crippen LogP contribution >= 0.6 is 11.8 Å². The van der Waals surface area contributed by atoms with Gasteiger partial charge in [-0.05, 0) is 12.0 Å². The van der Waals surface area contributed by atoms with Gasteiger partial charge in [-0.3, -0.25) is 9.59 Å². The van der Waals surface area contributed by atoms with Crippen molar-refractivity contribution in [1.29, 1.82) is 0 Å². The molecule has 0 aliphatic rings. The second-order valence-electron chi connectivity index (χ2n) is 5.22. The van der Waals surface area contributed by atoms with Crippen molar-refractivity contribution >= 4 is 28.8 Å². The Hall–Kier alpha value is -1.90. The molecule has 0 saturated carbocycles. The third-order valence-corrected chi connectivity index (χ3v) is 4.18. The van der Waals surface area contributed by atoms with Gasteiger partial charge in [0.15, 0.2) is 5.12 Å². The number of ether oxygens (including phenoxy) is 1. The highest BCUT2D eigenvalue weighted by molar-refractivity contribution is 8.13. The summed E-state index contributed by atoms with van der Waals surface area (Å²) in [6, 6.07) is 9.24. The van der Waals surface area contributed by atoms with E-state index in [1.54, 1.807) is 0 Å². The molecule has 1 amide bonds. The number of carbonyl (C=O) groups excluding carboxylic acids is 3.